The van der Waals surface area contributed by atoms with Crippen molar-refractivity contribution in [2.45, 2.75) is 17.7 Å². The topological polar surface area (TPSA) is 58.5 Å². The first-order valence-corrected chi connectivity index (χ1v) is 7.28. The highest BCUT2D eigenvalue weighted by molar-refractivity contribution is 7.90. The monoisotopic (exact) mass is 290 g/mol. The number of benzene rings is 1. The molecule has 1 N–H and O–H groups in total. The van der Waals surface area contributed by atoms with Gasteiger partial charge in [-0.05, 0) is 25.0 Å². The fourth-order valence-electron chi connectivity index (χ4n) is 1.71. The summed E-state index contributed by atoms with van der Waals surface area (Å²) in [6, 6.07) is 2.85. The minimum atomic E-state index is -3.65. The number of nitrogens with zero attached hydrogens (tertiary/aromatic N) is 1. The van der Waals surface area contributed by atoms with E-state index in [1.165, 1.54) is 12.1 Å². The van der Waals surface area contributed by atoms with Crippen LogP contribution in [0.2, 0.25) is 10.0 Å². The number of nitrogens with one attached hydrogen (secondary N) is 1. The molecule has 2 aliphatic rings. The summed E-state index contributed by atoms with van der Waals surface area (Å²) in [6.45, 7) is 0. The predicted molar refractivity (Wildman–Crippen MR) is 67.4 cm³/mol. The van der Waals surface area contributed by atoms with E-state index in [4.69, 9.17) is 23.2 Å². The number of anilines is 1. The molecular weight excluding hydrogens is 283 g/mol. The third-order valence-electron chi connectivity index (χ3n) is 2.75. The van der Waals surface area contributed by atoms with Crippen molar-refractivity contribution in [3.05, 3.63) is 22.2 Å². The van der Waals surface area contributed by atoms with Crippen LogP contribution in [0.25, 0.3) is 0 Å². The fourth-order valence-corrected chi connectivity index (χ4v) is 3.31. The summed E-state index contributed by atoms with van der Waals surface area (Å²) in [5, 5.41) is 3.54. The maximum absolute atomic E-state index is 11.9. The Hall–Kier alpha value is -0.780. The van der Waals surface area contributed by atoms with Gasteiger partial charge in [0.2, 0.25) is 0 Å². The van der Waals surface area contributed by atoms with Gasteiger partial charge in [-0.2, -0.15) is 8.42 Å². The second kappa shape index (κ2) is 3.60. The number of fused-ring (bicyclic) bond motifs is 1. The lowest BCUT2D eigenvalue weighted by Crippen LogP contribution is -2.23. The van der Waals surface area contributed by atoms with Gasteiger partial charge in [-0.25, -0.2) is 0 Å². The van der Waals surface area contributed by atoms with E-state index >= 15 is 0 Å². The van der Waals surface area contributed by atoms with E-state index in [0.29, 0.717) is 16.5 Å². The molecule has 0 spiro atoms. The van der Waals surface area contributed by atoms with E-state index in [0.717, 1.165) is 12.8 Å². The standard InChI is InChI=1S/C10H8Cl2N2O2S/c11-6-3-8-9(4-7(6)12)17(15,16)14-10(13-8)5-1-2-5/h3-5H,1-2H2,(H,13,14). The quantitative estimate of drug-likeness (QED) is 0.865. The molecule has 0 saturated heterocycles. The van der Waals surface area contributed by atoms with Crippen LogP contribution < -0.4 is 5.32 Å². The molecule has 0 atom stereocenters. The van der Waals surface area contributed by atoms with Crippen molar-refractivity contribution in [3.63, 3.8) is 0 Å². The van der Waals surface area contributed by atoms with Gasteiger partial charge >= 0.3 is 0 Å². The molecule has 7 heteroatoms. The van der Waals surface area contributed by atoms with Gasteiger partial charge in [0.05, 0.1) is 15.7 Å². The Morgan fingerprint density at radius 2 is 1.88 bits per heavy atom. The summed E-state index contributed by atoms with van der Waals surface area (Å²) < 4.78 is 27.7. The van der Waals surface area contributed by atoms with E-state index in [-0.39, 0.29) is 15.8 Å². The molecule has 17 heavy (non-hydrogen) atoms. The van der Waals surface area contributed by atoms with Crippen molar-refractivity contribution >= 4 is 44.7 Å². The van der Waals surface area contributed by atoms with Gasteiger partial charge in [0, 0.05) is 5.92 Å². The van der Waals surface area contributed by atoms with Crippen LogP contribution in [0.5, 0.6) is 0 Å². The Kier molecular flexibility index (Phi) is 2.40. The first kappa shape index (κ1) is 11.3. The molecule has 3 rings (SSSR count). The Morgan fingerprint density at radius 1 is 1.24 bits per heavy atom. The van der Waals surface area contributed by atoms with Crippen molar-refractivity contribution in [3.8, 4) is 0 Å². The highest BCUT2D eigenvalue weighted by Crippen LogP contribution is 2.39. The average Bonchev–Trinajstić information content (AvgIpc) is 3.03. The molecule has 1 aromatic carbocycles. The van der Waals surface area contributed by atoms with E-state index in [1.54, 1.807) is 0 Å². The van der Waals surface area contributed by atoms with Crippen molar-refractivity contribution in [2.24, 2.45) is 10.3 Å². The average molecular weight is 291 g/mol. The molecule has 0 amide bonds. The van der Waals surface area contributed by atoms with Crippen LogP contribution in [0, 0.1) is 5.92 Å². The van der Waals surface area contributed by atoms with Crippen LogP contribution in [-0.4, -0.2) is 14.3 Å². The Bertz CT molecular complexity index is 636. The molecule has 0 bridgehead atoms. The van der Waals surface area contributed by atoms with Gasteiger partial charge in [-0.15, -0.1) is 4.40 Å². The molecule has 1 heterocycles. The summed E-state index contributed by atoms with van der Waals surface area (Å²) in [5.41, 5.74) is 0.455. The van der Waals surface area contributed by atoms with Gasteiger partial charge in [-0.1, -0.05) is 23.2 Å². The summed E-state index contributed by atoms with van der Waals surface area (Å²) in [6.07, 6.45) is 1.94. The third kappa shape index (κ3) is 1.92. The Balaban J connectivity index is 2.18. The normalized spacial score (nSPS) is 21.4. The zero-order valence-corrected chi connectivity index (χ0v) is 10.9. The minimum Gasteiger partial charge on any atom is -0.342 e. The summed E-state index contributed by atoms with van der Waals surface area (Å²) in [7, 11) is -3.65. The molecule has 90 valence electrons. The van der Waals surface area contributed by atoms with Crippen LogP contribution in [0.15, 0.2) is 21.4 Å². The van der Waals surface area contributed by atoms with Gasteiger partial charge in [-0.3, -0.25) is 0 Å². The summed E-state index contributed by atoms with van der Waals surface area (Å²) in [5.74, 6) is 0.739. The number of rotatable bonds is 1. The number of hydrogen-bond donors (Lipinski definition) is 1. The Labute approximate surface area is 109 Å². The van der Waals surface area contributed by atoms with Crippen LogP contribution in [0.4, 0.5) is 5.69 Å². The van der Waals surface area contributed by atoms with E-state index in [9.17, 15) is 8.42 Å². The molecule has 1 aliphatic carbocycles. The molecule has 0 aromatic heterocycles. The fraction of sp³-hybridized carbons (Fsp3) is 0.300. The first-order chi connectivity index (χ1) is 7.97. The van der Waals surface area contributed by atoms with Crippen molar-refractivity contribution in [1.29, 1.82) is 0 Å². The lowest BCUT2D eigenvalue weighted by Gasteiger charge is -2.18. The second-order valence-electron chi connectivity index (χ2n) is 4.11. The lowest BCUT2D eigenvalue weighted by molar-refractivity contribution is 0.597. The maximum Gasteiger partial charge on any atom is 0.286 e. The zero-order chi connectivity index (χ0) is 12.2. The van der Waals surface area contributed by atoms with Crippen molar-refractivity contribution in [1.82, 2.24) is 0 Å². The molecule has 1 aliphatic heterocycles. The summed E-state index contributed by atoms with van der Waals surface area (Å²) >= 11 is 11.7. The zero-order valence-electron chi connectivity index (χ0n) is 8.57. The number of sulfonamides is 1. The number of amidine groups is 1. The second-order valence-corrected chi connectivity index (χ2v) is 6.50. The molecule has 4 nitrogen and oxygen atoms in total. The maximum atomic E-state index is 11.9. The molecule has 1 saturated carbocycles. The number of halogens is 2. The van der Waals surface area contributed by atoms with Crippen molar-refractivity contribution in [2.75, 3.05) is 5.32 Å². The molecular formula is C10H8Cl2N2O2S. The van der Waals surface area contributed by atoms with Gasteiger partial charge < -0.3 is 5.32 Å². The molecule has 0 unspecified atom stereocenters. The smallest absolute Gasteiger partial charge is 0.286 e. The lowest BCUT2D eigenvalue weighted by atomic mass is 10.3. The van der Waals surface area contributed by atoms with E-state index < -0.39 is 10.0 Å². The predicted octanol–water partition coefficient (Wildman–Crippen LogP) is 2.92. The summed E-state index contributed by atoms with van der Waals surface area (Å²) in [4.78, 5) is 0.0799. The van der Waals surface area contributed by atoms with Gasteiger partial charge in [0.25, 0.3) is 10.0 Å². The van der Waals surface area contributed by atoms with E-state index in [1.807, 2.05) is 0 Å². The largest absolute Gasteiger partial charge is 0.342 e. The third-order valence-corrected chi connectivity index (χ3v) is 4.80. The van der Waals surface area contributed by atoms with Crippen LogP contribution in [-0.2, 0) is 10.0 Å². The number of hydrogen-bond acceptors (Lipinski definition) is 3. The molecule has 0 radical (unpaired) electrons. The van der Waals surface area contributed by atoms with Crippen LogP contribution in [0.1, 0.15) is 12.8 Å². The highest BCUT2D eigenvalue weighted by Gasteiger charge is 2.34. The van der Waals surface area contributed by atoms with E-state index in [2.05, 4.69) is 9.71 Å². The molecule has 1 aromatic rings. The Morgan fingerprint density at radius 3 is 2.53 bits per heavy atom. The van der Waals surface area contributed by atoms with Crippen molar-refractivity contribution < 1.29 is 8.42 Å². The van der Waals surface area contributed by atoms with Gasteiger partial charge in [0.15, 0.2) is 0 Å². The molecule has 1 fully saturated rings. The van der Waals surface area contributed by atoms with Crippen LogP contribution >= 0.6 is 23.2 Å². The first-order valence-electron chi connectivity index (χ1n) is 5.08. The SMILES string of the molecule is O=S1(=O)N=C(C2CC2)Nc2cc(Cl)c(Cl)cc21. The minimum absolute atomic E-state index is 0.0799. The van der Waals surface area contributed by atoms with Gasteiger partial charge in [0.1, 0.15) is 10.7 Å². The van der Waals surface area contributed by atoms with Crippen LogP contribution in [0.3, 0.4) is 0 Å². The highest BCUT2D eigenvalue weighted by atomic mass is 35.5.